The highest BCUT2D eigenvalue weighted by Crippen LogP contribution is 2.52. The molecule has 2 saturated carbocycles. The summed E-state index contributed by atoms with van der Waals surface area (Å²) in [7, 11) is 3.06. The smallest absolute Gasteiger partial charge is 0.230 e. The van der Waals surface area contributed by atoms with Crippen LogP contribution in [0.15, 0.2) is 17.7 Å². The van der Waals surface area contributed by atoms with Crippen molar-refractivity contribution in [3.8, 4) is 5.75 Å². The van der Waals surface area contributed by atoms with Crippen LogP contribution in [-0.4, -0.2) is 104 Å². The van der Waals surface area contributed by atoms with Crippen LogP contribution in [0.5, 0.6) is 5.75 Å². The zero-order chi connectivity index (χ0) is 27.7. The number of aliphatic hydroxyl groups excluding tert-OH is 3. The van der Waals surface area contributed by atoms with Crippen LogP contribution < -0.4 is 5.73 Å². The van der Waals surface area contributed by atoms with Gasteiger partial charge in [0.15, 0.2) is 11.4 Å². The van der Waals surface area contributed by atoms with Crippen LogP contribution in [0.2, 0.25) is 0 Å². The van der Waals surface area contributed by atoms with Crippen LogP contribution in [0.1, 0.15) is 36.0 Å². The molecule has 4 aliphatic rings. The van der Waals surface area contributed by atoms with Crippen LogP contribution in [0, 0.1) is 17.8 Å². The summed E-state index contributed by atoms with van der Waals surface area (Å²) in [4.78, 5) is 43.1. The van der Waals surface area contributed by atoms with Gasteiger partial charge in [-0.15, -0.1) is 0 Å². The summed E-state index contributed by atoms with van der Waals surface area (Å²) in [6.07, 6.45) is 0.0959. The lowest BCUT2D eigenvalue weighted by atomic mass is 9.53. The maximum atomic E-state index is 13.9. The average molecular weight is 530 g/mol. The number of phenolic OH excluding ortho intramolecular Hbond substituents is 1. The van der Waals surface area contributed by atoms with E-state index in [1.165, 1.54) is 19.0 Å². The second kappa shape index (κ2) is 9.42. The summed E-state index contributed by atoms with van der Waals surface area (Å²) in [5, 5.41) is 56.6. The van der Waals surface area contributed by atoms with E-state index in [1.807, 2.05) is 0 Å². The van der Waals surface area contributed by atoms with E-state index in [0.29, 0.717) is 17.7 Å². The van der Waals surface area contributed by atoms with Crippen LogP contribution in [-0.2, 0) is 27.3 Å². The molecule has 5 rings (SSSR count). The van der Waals surface area contributed by atoms with Gasteiger partial charge in [0.05, 0.1) is 17.8 Å². The van der Waals surface area contributed by atoms with E-state index in [4.69, 9.17) is 5.73 Å². The van der Waals surface area contributed by atoms with Crippen LogP contribution >= 0.6 is 0 Å². The number of amides is 1. The SMILES string of the molecule is CN(C)[C@H]1C(O)C(C(N)=O)C(=O)[C@]2(O)C(=O)C3=C(O)c4c(ccc(CN5CCCCC5)c4O)C[C@@H]3[C@@H](O)[C@H]12. The van der Waals surface area contributed by atoms with E-state index in [-0.39, 0.29) is 23.3 Å². The van der Waals surface area contributed by atoms with E-state index in [0.717, 1.165) is 32.4 Å². The second-order valence-electron chi connectivity index (χ2n) is 11.3. The van der Waals surface area contributed by atoms with Gasteiger partial charge in [0.2, 0.25) is 11.7 Å². The highest BCUT2D eigenvalue weighted by molar-refractivity contribution is 6.25. The maximum Gasteiger partial charge on any atom is 0.230 e. The van der Waals surface area contributed by atoms with Crippen LogP contribution in [0.4, 0.5) is 0 Å². The van der Waals surface area contributed by atoms with Crippen LogP contribution in [0.25, 0.3) is 5.76 Å². The van der Waals surface area contributed by atoms with Crippen molar-refractivity contribution >= 4 is 23.2 Å². The Hall–Kier alpha value is -2.83. The lowest BCUT2D eigenvalue weighted by Crippen LogP contribution is -2.76. The minimum Gasteiger partial charge on any atom is -0.507 e. The van der Waals surface area contributed by atoms with Gasteiger partial charge in [-0.05, 0) is 52.0 Å². The van der Waals surface area contributed by atoms with Crippen molar-refractivity contribution in [3.05, 3.63) is 34.4 Å². The summed E-state index contributed by atoms with van der Waals surface area (Å²) >= 11 is 0. The standard InChI is InChI=1S/C27H35N3O8/c1-29(2)19-18-21(32)14-10-12-6-7-13(11-30-8-4-3-5-9-30)20(31)15(12)22(33)16(14)24(35)27(18,38)25(36)17(23(19)34)26(28)37/h6-7,14,17-19,21,23,31-34,38H,3-5,8-11H2,1-2H3,(H2,28,37)/t14-,17?,18-,19+,21+,23?,27+/m0/s1. The van der Waals surface area contributed by atoms with Gasteiger partial charge < -0.3 is 36.2 Å². The molecule has 1 aromatic rings. The number of likely N-dealkylation sites (tertiary alicyclic amines) is 1. The van der Waals surface area contributed by atoms with E-state index >= 15 is 0 Å². The molecule has 3 aliphatic carbocycles. The van der Waals surface area contributed by atoms with Crippen molar-refractivity contribution in [2.24, 2.45) is 23.5 Å². The number of aliphatic hydroxyl groups is 4. The number of carbonyl (C=O) groups is 3. The summed E-state index contributed by atoms with van der Waals surface area (Å²) in [6.45, 7) is 2.22. The molecule has 7 N–H and O–H groups in total. The van der Waals surface area contributed by atoms with Crippen molar-refractivity contribution in [1.82, 2.24) is 9.80 Å². The fraction of sp³-hybridized carbons (Fsp3) is 0.593. The number of Topliss-reactive ketones (excluding diaryl/α,β-unsaturated/α-hetero) is 2. The number of phenols is 1. The molecule has 0 spiro atoms. The van der Waals surface area contributed by atoms with E-state index < -0.39 is 64.8 Å². The third-order valence-corrected chi connectivity index (χ3v) is 8.97. The minimum absolute atomic E-state index is 0.0345. The first-order chi connectivity index (χ1) is 17.9. The van der Waals surface area contributed by atoms with Gasteiger partial charge in [0.25, 0.3) is 0 Å². The monoisotopic (exact) mass is 529 g/mol. The fourth-order valence-corrected chi connectivity index (χ4v) is 7.12. The van der Waals surface area contributed by atoms with Crippen molar-refractivity contribution in [2.45, 2.75) is 56.1 Å². The number of aromatic hydroxyl groups is 1. The summed E-state index contributed by atoms with van der Waals surface area (Å²) in [5.41, 5.74) is 3.21. The van der Waals surface area contributed by atoms with Crippen molar-refractivity contribution in [2.75, 3.05) is 27.2 Å². The largest absolute Gasteiger partial charge is 0.507 e. The number of nitrogens with two attached hydrogens (primary N) is 1. The highest BCUT2D eigenvalue weighted by atomic mass is 16.3. The molecule has 206 valence electrons. The number of hydrogen-bond acceptors (Lipinski definition) is 10. The first-order valence-electron chi connectivity index (χ1n) is 13.0. The van der Waals surface area contributed by atoms with Crippen molar-refractivity contribution < 1.29 is 39.9 Å². The number of rotatable bonds is 4. The number of hydrogen-bond donors (Lipinski definition) is 6. The molecule has 1 saturated heterocycles. The van der Waals surface area contributed by atoms with Gasteiger partial charge in [0.1, 0.15) is 17.4 Å². The van der Waals surface area contributed by atoms with Gasteiger partial charge in [0, 0.05) is 35.6 Å². The number of nitrogens with zero attached hydrogens (tertiary/aromatic N) is 2. The first-order valence-corrected chi connectivity index (χ1v) is 13.0. The highest BCUT2D eigenvalue weighted by Gasteiger charge is 2.70. The average Bonchev–Trinajstić information content (AvgIpc) is 2.86. The predicted octanol–water partition coefficient (Wildman–Crippen LogP) is -0.914. The fourth-order valence-electron chi connectivity index (χ4n) is 7.12. The van der Waals surface area contributed by atoms with Gasteiger partial charge in [-0.1, -0.05) is 18.6 Å². The molecule has 38 heavy (non-hydrogen) atoms. The Morgan fingerprint density at radius 3 is 2.37 bits per heavy atom. The van der Waals surface area contributed by atoms with E-state index in [1.54, 1.807) is 12.1 Å². The van der Waals surface area contributed by atoms with Gasteiger partial charge in [-0.3, -0.25) is 19.3 Å². The first kappa shape index (κ1) is 26.8. The summed E-state index contributed by atoms with van der Waals surface area (Å²) in [6, 6.07) is 2.34. The van der Waals surface area contributed by atoms with Crippen LogP contribution in [0.3, 0.4) is 0 Å². The molecule has 0 aromatic heterocycles. The van der Waals surface area contributed by atoms with Gasteiger partial charge in [-0.2, -0.15) is 0 Å². The number of ketones is 2. The Kier molecular flexibility index (Phi) is 6.64. The number of benzene rings is 1. The van der Waals surface area contributed by atoms with Crippen molar-refractivity contribution in [3.63, 3.8) is 0 Å². The molecule has 2 unspecified atom stereocenters. The molecule has 1 aliphatic heterocycles. The molecule has 0 radical (unpaired) electrons. The summed E-state index contributed by atoms with van der Waals surface area (Å²) in [5.74, 6) is -8.87. The number of piperidine rings is 1. The Bertz CT molecular complexity index is 1220. The van der Waals surface area contributed by atoms with Gasteiger partial charge in [-0.25, -0.2) is 0 Å². The molecule has 1 aromatic carbocycles. The molecule has 0 bridgehead atoms. The molecule has 1 heterocycles. The quantitative estimate of drug-likeness (QED) is 0.267. The number of fused-ring (bicyclic) bond motifs is 3. The normalized spacial score (nSPS) is 35.6. The predicted molar refractivity (Wildman–Crippen MR) is 135 cm³/mol. The number of carbonyl (C=O) groups excluding carboxylic acids is 3. The topological polar surface area (TPSA) is 185 Å². The number of likely N-dealkylation sites (N-methyl/N-ethyl adjacent to an activating group) is 1. The molecule has 11 heteroatoms. The third-order valence-electron chi connectivity index (χ3n) is 8.97. The number of primary amides is 1. The molecule has 11 nitrogen and oxygen atoms in total. The maximum absolute atomic E-state index is 13.9. The molecular weight excluding hydrogens is 494 g/mol. The Morgan fingerprint density at radius 2 is 1.76 bits per heavy atom. The van der Waals surface area contributed by atoms with E-state index in [2.05, 4.69) is 4.90 Å². The zero-order valence-electron chi connectivity index (χ0n) is 21.5. The van der Waals surface area contributed by atoms with E-state index in [9.17, 15) is 39.9 Å². The lowest BCUT2D eigenvalue weighted by molar-refractivity contribution is -0.198. The Morgan fingerprint density at radius 1 is 1.11 bits per heavy atom. The Balaban J connectivity index is 1.62. The molecule has 7 atom stereocenters. The van der Waals surface area contributed by atoms with Crippen molar-refractivity contribution in [1.29, 1.82) is 0 Å². The molecular formula is C27H35N3O8. The molecule has 3 fully saturated rings. The molecule has 1 amide bonds. The van der Waals surface area contributed by atoms with Gasteiger partial charge >= 0.3 is 0 Å². The lowest BCUT2D eigenvalue weighted by Gasteiger charge is -2.55. The summed E-state index contributed by atoms with van der Waals surface area (Å²) < 4.78 is 0. The zero-order valence-corrected chi connectivity index (χ0v) is 21.5. The third kappa shape index (κ3) is 3.71. The Labute approximate surface area is 220 Å². The minimum atomic E-state index is -2.91. The second-order valence-corrected chi connectivity index (χ2v) is 11.3.